The van der Waals surface area contributed by atoms with Crippen LogP contribution in [0.15, 0.2) is 23.4 Å². The first kappa shape index (κ1) is 14.4. The lowest BCUT2D eigenvalue weighted by atomic mass is 10.1. The van der Waals surface area contributed by atoms with Crippen LogP contribution in [0.3, 0.4) is 0 Å². The second-order valence-corrected chi connectivity index (χ2v) is 6.65. The molecule has 1 aromatic heterocycles. The molecule has 1 aliphatic heterocycles. The van der Waals surface area contributed by atoms with Crippen LogP contribution < -0.4 is 4.72 Å². The Bertz CT molecular complexity index is 516. The van der Waals surface area contributed by atoms with Crippen LogP contribution in [0.25, 0.3) is 0 Å². The third-order valence-electron chi connectivity index (χ3n) is 3.31. The highest BCUT2D eigenvalue weighted by Crippen LogP contribution is 2.14. The summed E-state index contributed by atoms with van der Waals surface area (Å²) in [5.41, 5.74) is 0.594. The van der Waals surface area contributed by atoms with Crippen LogP contribution in [-0.2, 0) is 16.6 Å². The van der Waals surface area contributed by atoms with Crippen molar-refractivity contribution in [2.45, 2.75) is 18.1 Å². The Morgan fingerprint density at radius 1 is 1.53 bits per heavy atom. The van der Waals surface area contributed by atoms with Gasteiger partial charge in [0.05, 0.1) is 6.61 Å². The summed E-state index contributed by atoms with van der Waals surface area (Å²) < 4.78 is 26.6. The third-order valence-corrected chi connectivity index (χ3v) is 4.65. The van der Waals surface area contributed by atoms with Crippen molar-refractivity contribution in [1.82, 2.24) is 14.6 Å². The Hall–Kier alpha value is -1.02. The molecule has 0 bridgehead atoms. The molecular formula is C12H19N3O3S. The van der Waals surface area contributed by atoms with E-state index in [-0.39, 0.29) is 11.6 Å². The maximum absolute atomic E-state index is 12.0. The molecule has 106 valence electrons. The number of aliphatic hydroxyl groups excluding tert-OH is 1. The summed E-state index contributed by atoms with van der Waals surface area (Å²) in [6, 6.07) is 2.97. The molecule has 2 rings (SSSR count). The number of likely N-dealkylation sites (tertiary alicyclic amines) is 1. The lowest BCUT2D eigenvalue weighted by Gasteiger charge is -2.11. The van der Waals surface area contributed by atoms with Gasteiger partial charge < -0.3 is 10.0 Å². The average Bonchev–Trinajstić information content (AvgIpc) is 2.82. The molecule has 0 saturated carbocycles. The van der Waals surface area contributed by atoms with Gasteiger partial charge in [0, 0.05) is 19.3 Å². The van der Waals surface area contributed by atoms with E-state index in [1.54, 1.807) is 6.07 Å². The first-order chi connectivity index (χ1) is 9.01. The van der Waals surface area contributed by atoms with Crippen LogP contribution in [0.5, 0.6) is 0 Å². The van der Waals surface area contributed by atoms with Gasteiger partial charge in [0.25, 0.3) is 10.0 Å². The Balaban J connectivity index is 1.97. The van der Waals surface area contributed by atoms with Gasteiger partial charge in [-0.2, -0.15) is 0 Å². The van der Waals surface area contributed by atoms with Gasteiger partial charge in [-0.15, -0.1) is 0 Å². The maximum Gasteiger partial charge on any atom is 0.258 e. The fraction of sp³-hybridized carbons (Fsp3) is 0.583. The van der Waals surface area contributed by atoms with E-state index in [0.717, 1.165) is 19.5 Å². The zero-order valence-corrected chi connectivity index (χ0v) is 11.7. The lowest BCUT2D eigenvalue weighted by molar-refractivity contribution is 0.281. The smallest absolute Gasteiger partial charge is 0.258 e. The van der Waals surface area contributed by atoms with E-state index in [9.17, 15) is 8.42 Å². The standard InChI is InChI=1S/C12H19N3O3S/c1-15-5-4-10(8-15)7-14-19(17,18)12-3-2-11(9-16)6-13-12/h2-3,6,10,14,16H,4-5,7-9H2,1H3. The Morgan fingerprint density at radius 2 is 2.32 bits per heavy atom. The number of aliphatic hydroxyl groups is 1. The summed E-state index contributed by atoms with van der Waals surface area (Å²) in [4.78, 5) is 6.05. The van der Waals surface area contributed by atoms with Gasteiger partial charge >= 0.3 is 0 Å². The van der Waals surface area contributed by atoms with Crippen LogP contribution in [0, 0.1) is 5.92 Å². The number of pyridine rings is 1. The summed E-state index contributed by atoms with van der Waals surface area (Å²) in [5, 5.41) is 8.89. The molecule has 0 aromatic carbocycles. The van der Waals surface area contributed by atoms with Crippen molar-refractivity contribution in [3.05, 3.63) is 23.9 Å². The predicted octanol–water partition coefficient (Wildman–Crippen LogP) is -0.196. The molecule has 1 unspecified atom stereocenters. The summed E-state index contributed by atoms with van der Waals surface area (Å²) in [5.74, 6) is 0.358. The molecule has 7 heteroatoms. The molecule has 1 fully saturated rings. The first-order valence-electron chi connectivity index (χ1n) is 6.25. The second-order valence-electron chi connectivity index (χ2n) is 4.93. The van der Waals surface area contributed by atoms with Crippen molar-refractivity contribution in [3.8, 4) is 0 Å². The minimum Gasteiger partial charge on any atom is -0.392 e. The van der Waals surface area contributed by atoms with Crippen molar-refractivity contribution in [1.29, 1.82) is 0 Å². The number of nitrogens with one attached hydrogen (secondary N) is 1. The zero-order chi connectivity index (χ0) is 13.9. The molecular weight excluding hydrogens is 266 g/mol. The number of rotatable bonds is 5. The first-order valence-corrected chi connectivity index (χ1v) is 7.73. The minimum atomic E-state index is -3.55. The maximum atomic E-state index is 12.0. The van der Waals surface area contributed by atoms with Crippen LogP contribution in [0.2, 0.25) is 0 Å². The fourth-order valence-electron chi connectivity index (χ4n) is 2.16. The van der Waals surface area contributed by atoms with Gasteiger partial charge in [-0.05, 0) is 37.6 Å². The molecule has 0 amide bonds. The molecule has 2 heterocycles. The lowest BCUT2D eigenvalue weighted by Crippen LogP contribution is -2.31. The predicted molar refractivity (Wildman–Crippen MR) is 71.0 cm³/mol. The Kier molecular flexibility index (Phi) is 4.51. The Morgan fingerprint density at radius 3 is 2.84 bits per heavy atom. The largest absolute Gasteiger partial charge is 0.392 e. The molecule has 1 saturated heterocycles. The van der Waals surface area contributed by atoms with Gasteiger partial charge in [0.15, 0.2) is 5.03 Å². The minimum absolute atomic E-state index is 0.00366. The van der Waals surface area contributed by atoms with Gasteiger partial charge in [0.1, 0.15) is 0 Å². The summed E-state index contributed by atoms with van der Waals surface area (Å²) in [7, 11) is -1.52. The Labute approximate surface area is 113 Å². The van der Waals surface area contributed by atoms with E-state index < -0.39 is 10.0 Å². The second kappa shape index (κ2) is 5.96. The average molecular weight is 285 g/mol. The number of hydrogen-bond acceptors (Lipinski definition) is 5. The molecule has 6 nitrogen and oxygen atoms in total. The fourth-order valence-corrected chi connectivity index (χ4v) is 3.20. The summed E-state index contributed by atoms with van der Waals surface area (Å²) in [6.45, 7) is 2.22. The van der Waals surface area contributed by atoms with Crippen LogP contribution in [0.1, 0.15) is 12.0 Å². The normalized spacial score (nSPS) is 20.8. The highest BCUT2D eigenvalue weighted by atomic mass is 32.2. The van der Waals surface area contributed by atoms with Gasteiger partial charge in [-0.3, -0.25) is 0 Å². The van der Waals surface area contributed by atoms with Crippen molar-refractivity contribution in [2.24, 2.45) is 5.92 Å². The number of sulfonamides is 1. The molecule has 0 radical (unpaired) electrons. The summed E-state index contributed by atoms with van der Waals surface area (Å²) in [6.07, 6.45) is 2.38. The van der Waals surface area contributed by atoms with Gasteiger partial charge in [-0.1, -0.05) is 6.07 Å². The summed E-state index contributed by atoms with van der Waals surface area (Å²) >= 11 is 0. The number of aromatic nitrogens is 1. The van der Waals surface area contributed by atoms with Crippen molar-refractivity contribution >= 4 is 10.0 Å². The van der Waals surface area contributed by atoms with Crippen LogP contribution in [0.4, 0.5) is 0 Å². The van der Waals surface area contributed by atoms with Crippen molar-refractivity contribution < 1.29 is 13.5 Å². The van der Waals surface area contributed by atoms with E-state index in [0.29, 0.717) is 18.0 Å². The van der Waals surface area contributed by atoms with E-state index in [2.05, 4.69) is 14.6 Å². The molecule has 0 spiro atoms. The van der Waals surface area contributed by atoms with Gasteiger partial charge in [-0.25, -0.2) is 18.1 Å². The monoisotopic (exact) mass is 285 g/mol. The van der Waals surface area contributed by atoms with E-state index in [4.69, 9.17) is 5.11 Å². The van der Waals surface area contributed by atoms with Crippen molar-refractivity contribution in [2.75, 3.05) is 26.7 Å². The topological polar surface area (TPSA) is 82.5 Å². The number of nitrogens with zero attached hydrogens (tertiary/aromatic N) is 2. The highest BCUT2D eigenvalue weighted by molar-refractivity contribution is 7.89. The molecule has 2 N–H and O–H groups in total. The van der Waals surface area contributed by atoms with E-state index in [1.165, 1.54) is 12.3 Å². The molecule has 1 atom stereocenters. The van der Waals surface area contributed by atoms with E-state index >= 15 is 0 Å². The molecule has 19 heavy (non-hydrogen) atoms. The zero-order valence-electron chi connectivity index (χ0n) is 10.9. The third kappa shape index (κ3) is 3.73. The van der Waals surface area contributed by atoms with Crippen LogP contribution >= 0.6 is 0 Å². The highest BCUT2D eigenvalue weighted by Gasteiger charge is 2.22. The van der Waals surface area contributed by atoms with Gasteiger partial charge in [0.2, 0.25) is 0 Å². The SMILES string of the molecule is CN1CCC(CNS(=O)(=O)c2ccc(CO)cn2)C1. The van der Waals surface area contributed by atoms with Crippen molar-refractivity contribution in [3.63, 3.8) is 0 Å². The molecule has 0 aliphatic carbocycles. The van der Waals surface area contributed by atoms with Crippen LogP contribution in [-0.4, -0.2) is 50.1 Å². The van der Waals surface area contributed by atoms with E-state index in [1.807, 2.05) is 7.05 Å². The quantitative estimate of drug-likeness (QED) is 0.783. The number of hydrogen-bond donors (Lipinski definition) is 2. The molecule has 1 aliphatic rings. The molecule has 1 aromatic rings.